The average Bonchev–Trinajstić information content (AvgIpc) is 0.994. The monoisotopic (exact) mass is 1820 g/mol. The van der Waals surface area contributed by atoms with Crippen LogP contribution in [0.5, 0.6) is 0 Å². The van der Waals surface area contributed by atoms with Gasteiger partial charge in [0.1, 0.15) is 21.4 Å². The molecule has 0 radical (unpaired) electrons. The summed E-state index contributed by atoms with van der Waals surface area (Å²) in [5.41, 5.74) is 2.01. The number of benzene rings is 4. The molecule has 3 aliphatic rings. The number of piperidine rings is 2. The normalized spacial score (nSPS) is 17.4. The number of rotatable bonds is 48. The van der Waals surface area contributed by atoms with Crippen molar-refractivity contribution in [1.82, 2.24) is 40.2 Å². The molecule has 9 rings (SSSR count). The number of ketones is 4. The number of amides is 4. The summed E-state index contributed by atoms with van der Waals surface area (Å²) in [6, 6.07) is 37.2. The minimum Gasteiger partial charge on any atom is -0.455 e. The Hall–Kier alpha value is -8.34. The molecule has 0 unspecified atom stereocenters. The van der Waals surface area contributed by atoms with Crippen LogP contribution in [-0.4, -0.2) is 205 Å². The number of aromatic nitrogens is 2. The van der Waals surface area contributed by atoms with E-state index in [2.05, 4.69) is 122 Å². The van der Waals surface area contributed by atoms with E-state index in [1.54, 1.807) is 10.8 Å². The first kappa shape index (κ1) is 107. The highest BCUT2D eigenvalue weighted by atomic mass is 32.1. The van der Waals surface area contributed by atoms with Gasteiger partial charge in [-0.05, 0) is 154 Å². The molecular formula is C102H150N8O15S2Si. The van der Waals surface area contributed by atoms with Crippen molar-refractivity contribution in [2.45, 2.75) is 299 Å². The Morgan fingerprint density at radius 3 is 1.23 bits per heavy atom. The maximum atomic E-state index is 14.8. The number of ether oxygens (including phenoxy) is 3. The summed E-state index contributed by atoms with van der Waals surface area (Å²) in [5.74, 6) is -3.23. The van der Waals surface area contributed by atoms with E-state index in [9.17, 15) is 53.1 Å². The molecule has 0 bridgehead atoms. The van der Waals surface area contributed by atoms with Crippen LogP contribution in [0.15, 0.2) is 132 Å². The van der Waals surface area contributed by atoms with E-state index in [-0.39, 0.29) is 144 Å². The summed E-state index contributed by atoms with van der Waals surface area (Å²) < 4.78 is 23.9. The lowest BCUT2D eigenvalue weighted by Gasteiger charge is -2.43. The SMILES string of the molecule is C1CCOC1.CCCN(C(=O)[C@@H](CC(=O)[C@H]1CCCCN1C)[C@@H](C)CC)[C@H](C[C@@H](OC(C)=O)c1nc(C(=O)N[C@@H](Cc2ccccc2)C(=O)CCCO)cs1)C(C)C.CCCN(C(=O)[C@@H](CC(=O)[C@H]1CCCCN1C)[C@@H](C)CC)[C@H](C[C@@H](OC(C)=O)c1nc(C(=O)N[C@@H](Cc2ccccc2)C(=O)CCCO[Si](c2ccccc2)(c2ccccc2)C(C)(C)C)cs1)C(C)C. The Bertz CT molecular complexity index is 4340. The predicted molar refractivity (Wildman–Crippen MR) is 511 cm³/mol. The van der Waals surface area contributed by atoms with Crippen LogP contribution in [-0.2, 0) is 69.8 Å². The van der Waals surface area contributed by atoms with Crippen LogP contribution in [0.1, 0.15) is 287 Å². The van der Waals surface area contributed by atoms with Crippen molar-refractivity contribution in [3.63, 3.8) is 0 Å². The van der Waals surface area contributed by atoms with Crippen molar-refractivity contribution in [2.24, 2.45) is 35.5 Å². The lowest BCUT2D eigenvalue weighted by atomic mass is 9.82. The number of carbonyl (C=O) groups excluding carboxylic acids is 10. The number of likely N-dealkylation sites (tertiary alicyclic amines) is 2. The van der Waals surface area contributed by atoms with Crippen LogP contribution < -0.4 is 21.0 Å². The standard InChI is InChI=1S/C57H80N4O7SSi.C41H62N4O7S.C4H8O/c1-11-33-61(56(66)46(41(5)12-2)37-52(64)49-31-22-23-34-60(49)10)50(40(3)4)38-53(68-42(6)62)55-59-48(39-69-55)54(65)58-47(36-43-25-16-13-17-26-43)51(63)32-24-35-67-70(57(7,8)9,44-27-18-14-19-28-44)45-29-20-15-21-30-45;1-8-20-45(41(51)31(28(5)9-2)24-37(49)34-18-13-14-21-44(34)7)35(27(3)4)25-38(52-29(6)47)40-43-33(26-53-40)39(50)42-32(36(48)19-15-22-46)23-30-16-11-10-12-17-30;1-2-4-5-3-1/h13-21,25-30,39-41,46-47,49-50,53H,11-12,22-24,31-38H2,1-10H3,(H,58,65);10-12,16-17,26-28,31-32,34-35,38,46H,8-9,13-15,18-25H2,1-7H3,(H,42,50);1-4H2/t41-,46-,47-,49+,50+,53+;28-,31-,32-,34+,35+,38+;/m00./s1. The summed E-state index contributed by atoms with van der Waals surface area (Å²) >= 11 is 2.40. The molecule has 0 aliphatic carbocycles. The second kappa shape index (κ2) is 54.5. The number of hydrogen-bond donors (Lipinski definition) is 3. The van der Waals surface area contributed by atoms with Gasteiger partial charge in [0, 0.05) is 127 Å². The molecule has 5 heterocycles. The van der Waals surface area contributed by atoms with Crippen LogP contribution >= 0.6 is 22.7 Å². The first-order valence-electron chi connectivity index (χ1n) is 47.2. The molecule has 704 valence electrons. The van der Waals surface area contributed by atoms with Crippen molar-refractivity contribution in [2.75, 3.05) is 66.7 Å². The van der Waals surface area contributed by atoms with Crippen LogP contribution in [0, 0.1) is 35.5 Å². The largest absolute Gasteiger partial charge is 0.455 e. The van der Waals surface area contributed by atoms with Gasteiger partial charge in [0.15, 0.2) is 35.3 Å². The number of nitrogens with zero attached hydrogens (tertiary/aromatic N) is 6. The molecule has 6 aromatic rings. The van der Waals surface area contributed by atoms with Gasteiger partial charge in [0.25, 0.3) is 20.1 Å². The molecule has 3 aliphatic heterocycles. The molecule has 4 aromatic carbocycles. The summed E-state index contributed by atoms with van der Waals surface area (Å²) in [7, 11) is 1.18. The highest BCUT2D eigenvalue weighted by Gasteiger charge is 2.50. The Labute approximate surface area is 772 Å². The number of nitrogens with one attached hydrogen (secondary N) is 2. The number of thiazole rings is 2. The molecule has 23 nitrogen and oxygen atoms in total. The van der Waals surface area contributed by atoms with E-state index in [0.717, 1.165) is 88.8 Å². The van der Waals surface area contributed by atoms with Crippen molar-refractivity contribution in [3.05, 3.63) is 165 Å². The van der Waals surface area contributed by atoms with Gasteiger partial charge in [-0.3, -0.25) is 57.7 Å². The maximum absolute atomic E-state index is 14.8. The van der Waals surface area contributed by atoms with Crippen molar-refractivity contribution in [3.8, 4) is 0 Å². The van der Waals surface area contributed by atoms with E-state index < -0.39 is 68.2 Å². The molecule has 0 saturated carbocycles. The third-order valence-electron chi connectivity index (χ3n) is 25.5. The maximum Gasteiger partial charge on any atom is 0.303 e. The zero-order valence-electron chi connectivity index (χ0n) is 79.7. The predicted octanol–water partition coefficient (Wildman–Crippen LogP) is 16.8. The fourth-order valence-corrected chi connectivity index (χ4v) is 24.2. The zero-order chi connectivity index (χ0) is 93.6. The van der Waals surface area contributed by atoms with Gasteiger partial charge in [-0.15, -0.1) is 22.7 Å². The Balaban J connectivity index is 0.000000343. The van der Waals surface area contributed by atoms with Crippen LogP contribution in [0.25, 0.3) is 0 Å². The average molecular weight is 1820 g/mol. The third kappa shape index (κ3) is 32.0. The fraction of sp³-hybridized carbons (Fsp3) is 0.608. The lowest BCUT2D eigenvalue weighted by molar-refractivity contribution is -0.151. The van der Waals surface area contributed by atoms with Crippen LogP contribution in [0.4, 0.5) is 0 Å². The molecule has 3 saturated heterocycles. The number of aliphatic hydroxyl groups excluding tert-OH is 1. The second-order valence-corrected chi connectivity index (χ2v) is 43.0. The van der Waals surface area contributed by atoms with Gasteiger partial charge in [0.2, 0.25) is 11.8 Å². The van der Waals surface area contributed by atoms with Gasteiger partial charge in [0.05, 0.1) is 24.2 Å². The van der Waals surface area contributed by atoms with Gasteiger partial charge in [-0.2, -0.15) is 0 Å². The van der Waals surface area contributed by atoms with Crippen molar-refractivity contribution >= 4 is 100 Å². The van der Waals surface area contributed by atoms with E-state index in [4.69, 9.17) is 23.6 Å². The Morgan fingerprint density at radius 2 is 0.914 bits per heavy atom. The molecular weight excluding hydrogens is 1670 g/mol. The van der Waals surface area contributed by atoms with Crippen LogP contribution in [0.2, 0.25) is 5.04 Å². The summed E-state index contributed by atoms with van der Waals surface area (Å²) in [6.07, 6.45) is 12.2. The summed E-state index contributed by atoms with van der Waals surface area (Å²) in [6.45, 7) is 34.8. The number of esters is 2. The fourth-order valence-electron chi connectivity index (χ4n) is 17.9. The highest BCUT2D eigenvalue weighted by Crippen LogP contribution is 2.40. The number of aliphatic hydroxyl groups is 1. The summed E-state index contributed by atoms with van der Waals surface area (Å²) in [5, 5.41) is 21.3. The molecule has 26 heteroatoms. The van der Waals surface area contributed by atoms with Crippen LogP contribution in [0.3, 0.4) is 0 Å². The highest BCUT2D eigenvalue weighted by molar-refractivity contribution is 7.10. The minimum absolute atomic E-state index is 0.00180. The Kier molecular flexibility index (Phi) is 45.4. The minimum atomic E-state index is -2.81. The first-order valence-corrected chi connectivity index (χ1v) is 50.9. The van der Waals surface area contributed by atoms with E-state index in [0.29, 0.717) is 68.2 Å². The summed E-state index contributed by atoms with van der Waals surface area (Å²) in [4.78, 5) is 155. The number of hydrogen-bond acceptors (Lipinski definition) is 21. The zero-order valence-corrected chi connectivity index (χ0v) is 82.3. The first-order chi connectivity index (χ1) is 61.2. The second-order valence-electron chi connectivity index (χ2n) is 36.9. The third-order valence-corrected chi connectivity index (χ3v) is 32.4. The number of Topliss-reactive ketones (excluding diaryl/α,β-unsaturated/α-hetero) is 4. The van der Waals surface area contributed by atoms with E-state index >= 15 is 0 Å². The van der Waals surface area contributed by atoms with Gasteiger partial charge < -0.3 is 44.2 Å². The van der Waals surface area contributed by atoms with Gasteiger partial charge in [-0.25, -0.2) is 9.97 Å². The molecule has 12 atom stereocenters. The van der Waals surface area contributed by atoms with Crippen molar-refractivity contribution in [1.29, 1.82) is 0 Å². The number of carbonyl (C=O) groups is 10. The molecule has 2 aromatic heterocycles. The van der Waals surface area contributed by atoms with E-state index in [1.165, 1.54) is 59.7 Å². The lowest BCUT2D eigenvalue weighted by Crippen LogP contribution is -2.66. The molecule has 128 heavy (non-hydrogen) atoms. The molecule has 0 spiro atoms. The van der Waals surface area contributed by atoms with Crippen molar-refractivity contribution < 1.29 is 71.7 Å². The molecule has 3 N–H and O–H groups in total. The quantitative estimate of drug-likeness (QED) is 0.0182. The number of likely N-dealkylation sites (N-methyl/N-ethyl adjacent to an activating group) is 2. The Morgan fingerprint density at radius 1 is 0.539 bits per heavy atom. The van der Waals surface area contributed by atoms with Gasteiger partial charge >= 0.3 is 11.9 Å². The molecule has 4 amide bonds. The van der Waals surface area contributed by atoms with Gasteiger partial charge in [-0.1, -0.05) is 237 Å². The topological polar surface area (TPSA) is 291 Å². The van der Waals surface area contributed by atoms with E-state index in [1.807, 2.05) is 138 Å². The smallest absolute Gasteiger partial charge is 0.303 e. The molecule has 3 fully saturated rings.